The van der Waals surface area contributed by atoms with Crippen LogP contribution < -0.4 is 14.2 Å². The van der Waals surface area contributed by atoms with Crippen molar-refractivity contribution in [2.24, 2.45) is 0 Å². The highest BCUT2D eigenvalue weighted by Crippen LogP contribution is 2.37. The lowest BCUT2D eigenvalue weighted by atomic mass is 9.99. The fourth-order valence-electron chi connectivity index (χ4n) is 4.34. The molecule has 0 unspecified atom stereocenters. The van der Waals surface area contributed by atoms with Crippen LogP contribution in [0.4, 0.5) is 0 Å². The topological polar surface area (TPSA) is 71.0 Å². The molecule has 7 nitrogen and oxygen atoms in total. The summed E-state index contributed by atoms with van der Waals surface area (Å²) in [4.78, 5) is 5.36. The number of nitrogens with zero attached hydrogens (tertiary/aromatic N) is 3. The van der Waals surface area contributed by atoms with Crippen LogP contribution in [0.1, 0.15) is 16.7 Å². The van der Waals surface area contributed by atoms with E-state index in [2.05, 4.69) is 53.1 Å². The molecule has 38 heavy (non-hydrogen) atoms. The zero-order chi connectivity index (χ0) is 26.1. The van der Waals surface area contributed by atoms with Crippen molar-refractivity contribution in [3.05, 3.63) is 102 Å². The van der Waals surface area contributed by atoms with E-state index in [9.17, 15) is 0 Å². The van der Waals surface area contributed by atoms with E-state index in [1.807, 2.05) is 42.6 Å². The normalized spacial score (nSPS) is 11.2. The van der Waals surface area contributed by atoms with Crippen molar-refractivity contribution in [3.63, 3.8) is 0 Å². The lowest BCUT2D eigenvalue weighted by Gasteiger charge is -2.11. The van der Waals surface area contributed by atoms with Gasteiger partial charge in [-0.05, 0) is 46.1 Å². The molecule has 0 fully saturated rings. The number of aromatic nitrogens is 3. The van der Waals surface area contributed by atoms with Crippen molar-refractivity contribution in [2.75, 3.05) is 14.2 Å². The molecule has 0 aliphatic rings. The zero-order valence-electron chi connectivity index (χ0n) is 21.0. The Balaban J connectivity index is 1.24. The van der Waals surface area contributed by atoms with Crippen molar-refractivity contribution in [2.45, 2.75) is 13.0 Å². The Labute approximate surface area is 223 Å². The first-order valence-electron chi connectivity index (χ1n) is 12.1. The average Bonchev–Trinajstić information content (AvgIpc) is 3.65. The summed E-state index contributed by atoms with van der Waals surface area (Å²) in [6.07, 6.45) is 2.59. The number of ether oxygens (including phenoxy) is 3. The van der Waals surface area contributed by atoms with Gasteiger partial charge in [0.2, 0.25) is 4.96 Å². The Morgan fingerprint density at radius 1 is 0.974 bits per heavy atom. The van der Waals surface area contributed by atoms with E-state index >= 15 is 0 Å². The molecule has 0 saturated carbocycles. The molecule has 0 amide bonds. The third kappa shape index (κ3) is 4.73. The van der Waals surface area contributed by atoms with E-state index in [1.54, 1.807) is 18.7 Å². The lowest BCUT2D eigenvalue weighted by molar-refractivity contribution is 0.307. The van der Waals surface area contributed by atoms with E-state index < -0.39 is 0 Å². The van der Waals surface area contributed by atoms with Crippen molar-refractivity contribution in [1.82, 2.24) is 14.6 Å². The predicted octanol–water partition coefficient (Wildman–Crippen LogP) is 7.06. The van der Waals surface area contributed by atoms with Gasteiger partial charge in [0.25, 0.3) is 5.19 Å². The summed E-state index contributed by atoms with van der Waals surface area (Å²) in [7, 11) is 3.21. The summed E-state index contributed by atoms with van der Waals surface area (Å²) < 4.78 is 24.8. The van der Waals surface area contributed by atoms with Gasteiger partial charge in [-0.3, -0.25) is 0 Å². The summed E-state index contributed by atoms with van der Waals surface area (Å²) in [6.45, 7) is 4.67. The largest absolute Gasteiger partial charge is 0.496 e. The number of hydrogen-bond acceptors (Lipinski definition) is 7. The van der Waals surface area contributed by atoms with Crippen LogP contribution in [0.2, 0.25) is 0 Å². The number of methoxy groups -OCH3 is 2. The number of furan rings is 1. The molecule has 0 saturated heterocycles. The molecule has 6 aromatic rings. The molecule has 0 aliphatic heterocycles. The number of allylic oxidation sites excluding steroid dienone is 1. The van der Waals surface area contributed by atoms with Crippen LogP contribution in [0.3, 0.4) is 0 Å². The molecule has 0 radical (unpaired) electrons. The molecule has 6 rings (SSSR count). The van der Waals surface area contributed by atoms with Crippen LogP contribution in [0.15, 0.2) is 90.0 Å². The summed E-state index contributed by atoms with van der Waals surface area (Å²) >= 11 is 1.36. The van der Waals surface area contributed by atoms with Crippen LogP contribution in [0.25, 0.3) is 33.0 Å². The molecule has 190 valence electrons. The number of benzene rings is 3. The molecule has 3 heterocycles. The third-order valence-electron chi connectivity index (χ3n) is 6.25. The number of fused-ring (bicyclic) bond motifs is 2. The maximum absolute atomic E-state index is 6.30. The molecular weight excluding hydrogens is 498 g/mol. The second-order valence-corrected chi connectivity index (χ2v) is 9.75. The summed E-state index contributed by atoms with van der Waals surface area (Å²) in [5.41, 5.74) is 5.82. The van der Waals surface area contributed by atoms with E-state index in [1.165, 1.54) is 16.9 Å². The maximum atomic E-state index is 6.30. The van der Waals surface area contributed by atoms with Crippen LogP contribution in [0, 0.1) is 0 Å². The zero-order valence-corrected chi connectivity index (χ0v) is 21.8. The van der Waals surface area contributed by atoms with E-state index in [0.29, 0.717) is 40.3 Å². The molecule has 0 bridgehead atoms. The Morgan fingerprint density at radius 3 is 2.61 bits per heavy atom. The molecular formula is C30H25N3O4S. The number of imidazole rings is 1. The Bertz CT molecular complexity index is 1720. The van der Waals surface area contributed by atoms with Gasteiger partial charge in [0, 0.05) is 12.1 Å². The van der Waals surface area contributed by atoms with Crippen molar-refractivity contribution >= 4 is 32.8 Å². The van der Waals surface area contributed by atoms with Crippen molar-refractivity contribution in [1.29, 1.82) is 0 Å². The van der Waals surface area contributed by atoms with Gasteiger partial charge in [0.05, 0.1) is 25.8 Å². The van der Waals surface area contributed by atoms with Crippen LogP contribution in [-0.4, -0.2) is 28.8 Å². The SMILES string of the molecule is C=C(Cc1cccc(COc2cc(OC)cc3oc(-c4cn5nc(OC)sc5n4)cc23)c1)c1ccccc1. The van der Waals surface area contributed by atoms with Crippen molar-refractivity contribution in [3.8, 4) is 28.1 Å². The van der Waals surface area contributed by atoms with Gasteiger partial charge in [-0.1, -0.05) is 61.2 Å². The highest BCUT2D eigenvalue weighted by Gasteiger charge is 2.17. The van der Waals surface area contributed by atoms with Crippen molar-refractivity contribution < 1.29 is 18.6 Å². The summed E-state index contributed by atoms with van der Waals surface area (Å²) in [5.74, 6) is 1.95. The minimum absolute atomic E-state index is 0.401. The molecule has 3 aromatic carbocycles. The fraction of sp³-hybridized carbons (Fsp3) is 0.133. The Hall–Kier alpha value is -4.56. The third-order valence-corrected chi connectivity index (χ3v) is 7.13. The van der Waals surface area contributed by atoms with Gasteiger partial charge in [-0.15, -0.1) is 5.10 Å². The van der Waals surface area contributed by atoms with E-state index in [0.717, 1.165) is 33.5 Å². The first-order chi connectivity index (χ1) is 18.6. The molecule has 0 N–H and O–H groups in total. The molecule has 3 aromatic heterocycles. The van der Waals surface area contributed by atoms with E-state index in [-0.39, 0.29) is 0 Å². The van der Waals surface area contributed by atoms with Crippen LogP contribution >= 0.6 is 11.3 Å². The summed E-state index contributed by atoms with van der Waals surface area (Å²) in [6, 6.07) is 24.3. The van der Waals surface area contributed by atoms with Gasteiger partial charge in [0.1, 0.15) is 29.4 Å². The maximum Gasteiger partial charge on any atom is 0.294 e. The van der Waals surface area contributed by atoms with Crippen LogP contribution in [-0.2, 0) is 13.0 Å². The van der Waals surface area contributed by atoms with Gasteiger partial charge in [-0.25, -0.2) is 9.50 Å². The van der Waals surface area contributed by atoms with Gasteiger partial charge >= 0.3 is 0 Å². The standard InChI is InChI=1S/C30H25N3O4S/c1-19(22-10-5-4-6-11-22)12-20-8-7-9-21(13-20)18-36-26-14-23(34-2)15-27-24(26)16-28(37-27)25-17-33-29(31-25)38-30(32-33)35-3/h4-11,13-17H,1,12,18H2,2-3H3. The lowest BCUT2D eigenvalue weighted by Crippen LogP contribution is -1.98. The molecule has 0 atom stereocenters. The number of rotatable bonds is 9. The number of hydrogen-bond donors (Lipinski definition) is 0. The Kier molecular flexibility index (Phi) is 6.31. The minimum atomic E-state index is 0.401. The Morgan fingerprint density at radius 2 is 1.82 bits per heavy atom. The van der Waals surface area contributed by atoms with Crippen LogP contribution in [0.5, 0.6) is 16.7 Å². The average molecular weight is 524 g/mol. The van der Waals surface area contributed by atoms with Gasteiger partial charge in [0.15, 0.2) is 5.76 Å². The molecule has 0 aliphatic carbocycles. The van der Waals surface area contributed by atoms with Gasteiger partial charge in [-0.2, -0.15) is 0 Å². The first-order valence-corrected chi connectivity index (χ1v) is 12.9. The molecule has 8 heteroatoms. The highest BCUT2D eigenvalue weighted by atomic mass is 32.1. The van der Waals surface area contributed by atoms with E-state index in [4.69, 9.17) is 18.6 Å². The molecule has 0 spiro atoms. The summed E-state index contributed by atoms with van der Waals surface area (Å²) in [5, 5.41) is 5.74. The smallest absolute Gasteiger partial charge is 0.294 e. The first kappa shape index (κ1) is 23.8. The quantitative estimate of drug-likeness (QED) is 0.202. The monoisotopic (exact) mass is 523 g/mol. The minimum Gasteiger partial charge on any atom is -0.496 e. The second-order valence-electron chi connectivity index (χ2n) is 8.83. The fourth-order valence-corrected chi connectivity index (χ4v) is 5.04. The second kappa shape index (κ2) is 10.1. The van der Waals surface area contributed by atoms with Gasteiger partial charge < -0.3 is 18.6 Å². The highest BCUT2D eigenvalue weighted by molar-refractivity contribution is 7.18. The predicted molar refractivity (Wildman–Crippen MR) is 149 cm³/mol.